The van der Waals surface area contributed by atoms with Gasteiger partial charge in [0, 0.05) is 21.0 Å². The van der Waals surface area contributed by atoms with Gasteiger partial charge in [-0.3, -0.25) is 4.79 Å². The summed E-state index contributed by atoms with van der Waals surface area (Å²) in [6.07, 6.45) is 13.7. The average molecular weight is 451 g/mol. The van der Waals surface area contributed by atoms with Crippen molar-refractivity contribution in [3.63, 3.8) is 0 Å². The van der Waals surface area contributed by atoms with Crippen LogP contribution in [0.1, 0.15) is 115 Å². The van der Waals surface area contributed by atoms with E-state index in [1.165, 1.54) is 0 Å². The molecule has 182 valence electrons. The fourth-order valence-corrected chi connectivity index (χ4v) is 5.37. The Bertz CT molecular complexity index is 637. The maximum atomic E-state index is 13.9. The van der Waals surface area contributed by atoms with E-state index >= 15 is 0 Å². The molecule has 31 heavy (non-hydrogen) atoms. The number of rotatable bonds is 14. The minimum absolute atomic E-state index is 0.0928. The Balaban J connectivity index is 5.84. The lowest BCUT2D eigenvalue weighted by Crippen LogP contribution is -2.46. The van der Waals surface area contributed by atoms with Gasteiger partial charge >= 0.3 is 0 Å². The largest absolute Gasteiger partial charge is 0.298 e. The number of ketones is 1. The normalized spacial score (nSPS) is 18.0. The smallest absolute Gasteiger partial charge is 0.144 e. The van der Waals surface area contributed by atoms with Crippen LogP contribution in [0, 0.1) is 27.1 Å². The molecule has 0 saturated heterocycles. The van der Waals surface area contributed by atoms with Crippen molar-refractivity contribution in [2.75, 3.05) is 6.26 Å². The van der Waals surface area contributed by atoms with Crippen LogP contribution in [-0.4, -0.2) is 16.8 Å². The second kappa shape index (κ2) is 10.6. The molecule has 2 heteroatoms. The Morgan fingerprint density at radius 2 is 1.39 bits per heavy atom. The Morgan fingerprint density at radius 1 is 0.871 bits per heavy atom. The van der Waals surface area contributed by atoms with Gasteiger partial charge in [0.1, 0.15) is 5.78 Å². The van der Waals surface area contributed by atoms with Crippen molar-refractivity contribution in [3.8, 4) is 0 Å². The highest BCUT2D eigenvalue weighted by molar-refractivity contribution is 7.99. The topological polar surface area (TPSA) is 17.1 Å². The summed E-state index contributed by atoms with van der Waals surface area (Å²) in [5, 5.41) is 0. The Kier molecular flexibility index (Phi) is 10.4. The molecule has 0 aliphatic rings. The summed E-state index contributed by atoms with van der Waals surface area (Å²) in [5.41, 5.74) is -0.661. The van der Waals surface area contributed by atoms with Gasteiger partial charge in [0.2, 0.25) is 0 Å². The summed E-state index contributed by atoms with van der Waals surface area (Å²) in [4.78, 5) is 13.9. The van der Waals surface area contributed by atoms with E-state index in [0.717, 1.165) is 32.1 Å². The van der Waals surface area contributed by atoms with Crippen LogP contribution in [0.5, 0.6) is 0 Å². The van der Waals surface area contributed by atoms with E-state index in [-0.39, 0.29) is 21.0 Å². The molecule has 2 unspecified atom stereocenters. The molecular formula is C29H54OS. The Hall–Kier alpha value is -0.500. The second-order valence-electron chi connectivity index (χ2n) is 12.9. The summed E-state index contributed by atoms with van der Waals surface area (Å²) >= 11 is 1.86. The predicted octanol–water partition coefficient (Wildman–Crippen LogP) is 9.52. The van der Waals surface area contributed by atoms with E-state index < -0.39 is 5.41 Å². The molecule has 0 bridgehead atoms. The quantitative estimate of drug-likeness (QED) is 0.245. The minimum atomic E-state index is -0.399. The third-order valence-electron chi connectivity index (χ3n) is 8.17. The molecule has 2 atom stereocenters. The van der Waals surface area contributed by atoms with Crippen molar-refractivity contribution in [1.29, 1.82) is 0 Å². The first-order valence-electron chi connectivity index (χ1n) is 12.2. The fraction of sp³-hybridized carbons (Fsp3) is 0.828. The lowest BCUT2D eigenvalue weighted by atomic mass is 9.56. The standard InChI is InChI=1S/C29H54OS/c1-15-24(4,5)19-18-20-29(13,17-3)26(8,9)21-25(6,7)23(30)28(12,16-2)22-27(10,11)31-14/h17-18,20H,3,15-16,19,21-22H2,1-2,4-14H3. The van der Waals surface area contributed by atoms with Crippen LogP contribution in [-0.2, 0) is 4.79 Å². The first kappa shape index (κ1) is 30.5. The third kappa shape index (κ3) is 8.09. The van der Waals surface area contributed by atoms with Crippen LogP contribution in [0.25, 0.3) is 0 Å². The molecule has 0 aromatic rings. The van der Waals surface area contributed by atoms with Crippen molar-refractivity contribution in [2.24, 2.45) is 27.1 Å². The van der Waals surface area contributed by atoms with E-state index in [2.05, 4.69) is 114 Å². The molecule has 0 heterocycles. The highest BCUT2D eigenvalue weighted by atomic mass is 32.2. The van der Waals surface area contributed by atoms with Crippen LogP contribution in [0.15, 0.2) is 24.8 Å². The molecule has 0 saturated carbocycles. The monoisotopic (exact) mass is 450 g/mol. The molecule has 1 nitrogen and oxygen atoms in total. The van der Waals surface area contributed by atoms with Crippen LogP contribution in [0.4, 0.5) is 0 Å². The molecular weight excluding hydrogens is 396 g/mol. The summed E-state index contributed by atoms with van der Waals surface area (Å²) in [7, 11) is 0. The number of hydrogen-bond acceptors (Lipinski definition) is 2. The lowest BCUT2D eigenvalue weighted by Gasteiger charge is -2.47. The lowest BCUT2D eigenvalue weighted by molar-refractivity contribution is -0.140. The zero-order valence-electron chi connectivity index (χ0n) is 23.3. The van der Waals surface area contributed by atoms with Gasteiger partial charge in [-0.05, 0) is 42.8 Å². The molecule has 0 rings (SSSR count). The average Bonchev–Trinajstić information content (AvgIpc) is 2.65. The van der Waals surface area contributed by atoms with Gasteiger partial charge in [-0.15, -0.1) is 6.58 Å². The first-order valence-corrected chi connectivity index (χ1v) is 13.4. The summed E-state index contributed by atoms with van der Waals surface area (Å²) < 4.78 is 0.0937. The Labute approximate surface area is 200 Å². The third-order valence-corrected chi connectivity index (χ3v) is 9.42. The molecule has 0 amide bonds. The molecule has 0 aromatic carbocycles. The first-order chi connectivity index (χ1) is 13.8. The van der Waals surface area contributed by atoms with Crippen LogP contribution >= 0.6 is 11.8 Å². The number of thioether (sulfide) groups is 1. The molecule has 0 aliphatic carbocycles. The van der Waals surface area contributed by atoms with Crippen molar-refractivity contribution in [2.45, 2.75) is 120 Å². The molecule has 0 radical (unpaired) electrons. The molecule has 0 fully saturated rings. The van der Waals surface area contributed by atoms with Gasteiger partial charge in [0.05, 0.1) is 0 Å². The van der Waals surface area contributed by atoms with Crippen molar-refractivity contribution in [1.82, 2.24) is 0 Å². The Morgan fingerprint density at radius 3 is 1.77 bits per heavy atom. The molecule has 0 N–H and O–H groups in total. The van der Waals surface area contributed by atoms with E-state index in [1.54, 1.807) is 0 Å². The highest BCUT2D eigenvalue weighted by Gasteiger charge is 2.48. The second-order valence-corrected chi connectivity index (χ2v) is 14.5. The zero-order chi connectivity index (χ0) is 24.9. The van der Waals surface area contributed by atoms with Crippen molar-refractivity contribution in [3.05, 3.63) is 24.8 Å². The summed E-state index contributed by atoms with van der Waals surface area (Å²) in [6.45, 7) is 31.1. The number of hydrogen-bond donors (Lipinski definition) is 0. The number of allylic oxidation sites excluding steroid dienone is 3. The van der Waals surface area contributed by atoms with E-state index in [4.69, 9.17) is 0 Å². The van der Waals surface area contributed by atoms with Crippen LogP contribution in [0.2, 0.25) is 0 Å². The number of carbonyl (C=O) groups is 1. The highest BCUT2D eigenvalue weighted by Crippen LogP contribution is 2.52. The minimum Gasteiger partial charge on any atom is -0.298 e. The van der Waals surface area contributed by atoms with E-state index in [0.29, 0.717) is 11.2 Å². The van der Waals surface area contributed by atoms with E-state index in [1.807, 2.05) is 11.8 Å². The molecule has 0 spiro atoms. The van der Waals surface area contributed by atoms with Crippen molar-refractivity contribution >= 4 is 17.5 Å². The van der Waals surface area contributed by atoms with Gasteiger partial charge in [-0.25, -0.2) is 0 Å². The fourth-order valence-electron chi connectivity index (χ4n) is 4.91. The predicted molar refractivity (Wildman–Crippen MR) is 144 cm³/mol. The van der Waals surface area contributed by atoms with Crippen LogP contribution < -0.4 is 0 Å². The zero-order valence-corrected chi connectivity index (χ0v) is 24.1. The van der Waals surface area contributed by atoms with Gasteiger partial charge in [0.25, 0.3) is 0 Å². The van der Waals surface area contributed by atoms with Gasteiger partial charge in [-0.2, -0.15) is 11.8 Å². The van der Waals surface area contributed by atoms with Gasteiger partial charge < -0.3 is 0 Å². The maximum absolute atomic E-state index is 13.9. The molecule has 0 aromatic heterocycles. The van der Waals surface area contributed by atoms with Crippen LogP contribution in [0.3, 0.4) is 0 Å². The number of Topliss-reactive ketones (excluding diaryl/α,β-unsaturated/α-hetero) is 1. The molecule has 0 aliphatic heterocycles. The maximum Gasteiger partial charge on any atom is 0.144 e. The van der Waals surface area contributed by atoms with Gasteiger partial charge in [-0.1, -0.05) is 108 Å². The summed E-state index contributed by atoms with van der Waals surface area (Å²) in [6, 6.07) is 0. The van der Waals surface area contributed by atoms with Gasteiger partial charge in [0.15, 0.2) is 0 Å². The van der Waals surface area contributed by atoms with Crippen molar-refractivity contribution < 1.29 is 4.79 Å². The summed E-state index contributed by atoms with van der Waals surface area (Å²) in [5.74, 6) is 0.403. The number of carbonyl (C=O) groups excluding carboxylic acids is 1. The van der Waals surface area contributed by atoms with E-state index in [9.17, 15) is 4.79 Å². The SMILES string of the molecule is C=CC(C)(C=CCC(C)(C)CC)C(C)(C)CC(C)(C)C(=O)C(C)(CC)CC(C)(C)SC.